The Hall–Kier alpha value is -1.14. The Kier molecular flexibility index (Phi) is 2.88. The predicted molar refractivity (Wildman–Crippen MR) is 60.4 cm³/mol. The van der Waals surface area contributed by atoms with E-state index in [2.05, 4.69) is 15.6 Å². The monoisotopic (exact) mass is 245 g/mol. The van der Waals surface area contributed by atoms with Gasteiger partial charge in [-0.3, -0.25) is 4.79 Å². The number of carbonyl (C=O) groups is 1. The van der Waals surface area contributed by atoms with Crippen molar-refractivity contribution in [1.82, 2.24) is 4.98 Å². The van der Waals surface area contributed by atoms with Crippen LogP contribution in [-0.2, 0) is 4.79 Å². The summed E-state index contributed by atoms with van der Waals surface area (Å²) in [5.74, 6) is -0.150. The quantitative estimate of drug-likeness (QED) is 0.704. The van der Waals surface area contributed by atoms with Crippen LogP contribution in [0.4, 0.5) is 11.5 Å². The van der Waals surface area contributed by atoms with E-state index in [9.17, 15) is 4.79 Å². The van der Waals surface area contributed by atoms with Gasteiger partial charge < -0.3 is 15.7 Å². The van der Waals surface area contributed by atoms with Gasteiger partial charge in [0.25, 0.3) is 0 Å². The van der Waals surface area contributed by atoms with E-state index in [1.807, 2.05) is 0 Å². The number of aliphatic carboxylic acids is 1. The van der Waals surface area contributed by atoms with Crippen LogP contribution in [0, 0.1) is 0 Å². The van der Waals surface area contributed by atoms with Crippen molar-refractivity contribution in [3.63, 3.8) is 0 Å². The molecule has 1 aliphatic heterocycles. The molecule has 0 aromatic carbocycles. The smallest absolute Gasteiger partial charge is 0.313 e. The molecule has 0 bridgehead atoms. The summed E-state index contributed by atoms with van der Waals surface area (Å²) in [7, 11) is 0. The fourth-order valence-corrected chi connectivity index (χ4v) is 2.06. The standard InChI is InChI=1S/C8H8ClN3O2S/c9-5-2-1-4-7(11-5)12-8(10-4)15-3-6(13)14/h1-2,8,10H,3H2,(H,11,12)(H,13,14). The summed E-state index contributed by atoms with van der Waals surface area (Å²) in [5, 5.41) is 15.0. The molecule has 1 unspecified atom stereocenters. The average Bonchev–Trinajstić information content (AvgIpc) is 2.56. The number of thioether (sulfide) groups is 1. The molecular weight excluding hydrogens is 238 g/mol. The van der Waals surface area contributed by atoms with Gasteiger partial charge in [0.05, 0.1) is 11.4 Å². The highest BCUT2D eigenvalue weighted by Gasteiger charge is 2.21. The lowest BCUT2D eigenvalue weighted by Gasteiger charge is -2.08. The number of nitrogens with zero attached hydrogens (tertiary/aromatic N) is 1. The first kappa shape index (κ1) is 10.4. The Morgan fingerprint density at radius 2 is 2.40 bits per heavy atom. The van der Waals surface area contributed by atoms with E-state index in [1.165, 1.54) is 11.8 Å². The molecule has 7 heteroatoms. The van der Waals surface area contributed by atoms with E-state index in [0.29, 0.717) is 11.0 Å². The molecular formula is C8H8ClN3O2S. The fourth-order valence-electron chi connectivity index (χ4n) is 1.20. The number of pyridine rings is 1. The lowest BCUT2D eigenvalue weighted by atomic mass is 10.4. The van der Waals surface area contributed by atoms with Crippen LogP contribution in [0.3, 0.4) is 0 Å². The highest BCUT2D eigenvalue weighted by atomic mass is 35.5. The molecule has 1 aromatic rings. The van der Waals surface area contributed by atoms with E-state index in [-0.39, 0.29) is 11.3 Å². The molecule has 80 valence electrons. The molecule has 0 saturated carbocycles. The first-order valence-corrected chi connectivity index (χ1v) is 5.61. The minimum Gasteiger partial charge on any atom is -0.481 e. The maximum absolute atomic E-state index is 10.4. The second kappa shape index (κ2) is 4.16. The summed E-state index contributed by atoms with van der Waals surface area (Å²) in [6, 6.07) is 3.48. The molecule has 1 atom stereocenters. The van der Waals surface area contributed by atoms with Crippen LogP contribution in [0.2, 0.25) is 5.15 Å². The van der Waals surface area contributed by atoms with Crippen LogP contribution in [-0.4, -0.2) is 27.3 Å². The Morgan fingerprint density at radius 1 is 1.60 bits per heavy atom. The number of hydrogen-bond acceptors (Lipinski definition) is 5. The van der Waals surface area contributed by atoms with Crippen LogP contribution in [0.25, 0.3) is 0 Å². The number of nitrogens with one attached hydrogen (secondary N) is 2. The van der Waals surface area contributed by atoms with Gasteiger partial charge in [0, 0.05) is 0 Å². The van der Waals surface area contributed by atoms with Crippen molar-refractivity contribution in [3.8, 4) is 0 Å². The van der Waals surface area contributed by atoms with Gasteiger partial charge in [-0.05, 0) is 12.1 Å². The SMILES string of the molecule is O=C(O)CSC1Nc2ccc(Cl)nc2N1. The molecule has 1 aromatic heterocycles. The number of fused-ring (bicyclic) bond motifs is 1. The molecule has 0 fully saturated rings. The fraction of sp³-hybridized carbons (Fsp3) is 0.250. The minimum absolute atomic E-state index is 0.0341. The van der Waals surface area contributed by atoms with Crippen molar-refractivity contribution in [2.45, 2.75) is 5.50 Å². The molecule has 3 N–H and O–H groups in total. The summed E-state index contributed by atoms with van der Waals surface area (Å²) in [4.78, 5) is 14.4. The zero-order valence-electron chi connectivity index (χ0n) is 7.53. The molecule has 0 radical (unpaired) electrons. The molecule has 0 spiro atoms. The number of aromatic nitrogens is 1. The van der Waals surface area contributed by atoms with Gasteiger partial charge in [0.15, 0.2) is 5.82 Å². The van der Waals surface area contributed by atoms with E-state index in [4.69, 9.17) is 16.7 Å². The third kappa shape index (κ3) is 2.45. The van der Waals surface area contributed by atoms with Crippen molar-refractivity contribution < 1.29 is 9.90 Å². The summed E-state index contributed by atoms with van der Waals surface area (Å²) in [6.45, 7) is 0. The lowest BCUT2D eigenvalue weighted by Crippen LogP contribution is -2.19. The van der Waals surface area contributed by atoms with Crippen LogP contribution >= 0.6 is 23.4 Å². The highest BCUT2D eigenvalue weighted by molar-refractivity contribution is 8.00. The topological polar surface area (TPSA) is 74.2 Å². The van der Waals surface area contributed by atoms with E-state index < -0.39 is 5.97 Å². The Balaban J connectivity index is 2.00. The zero-order valence-corrected chi connectivity index (χ0v) is 9.10. The summed E-state index contributed by atoms with van der Waals surface area (Å²) >= 11 is 6.97. The van der Waals surface area contributed by atoms with Crippen molar-refractivity contribution in [2.24, 2.45) is 0 Å². The van der Waals surface area contributed by atoms with E-state index in [0.717, 1.165) is 5.69 Å². The van der Waals surface area contributed by atoms with Gasteiger partial charge >= 0.3 is 5.97 Å². The normalized spacial score (nSPS) is 17.8. The van der Waals surface area contributed by atoms with Crippen molar-refractivity contribution in [1.29, 1.82) is 0 Å². The molecule has 1 aliphatic rings. The zero-order chi connectivity index (χ0) is 10.8. The third-order valence-electron chi connectivity index (χ3n) is 1.79. The second-order valence-corrected chi connectivity index (χ2v) is 4.38. The van der Waals surface area contributed by atoms with Crippen LogP contribution in [0.1, 0.15) is 0 Å². The second-order valence-electron chi connectivity index (χ2n) is 2.90. The molecule has 0 saturated heterocycles. The largest absolute Gasteiger partial charge is 0.481 e. The van der Waals surface area contributed by atoms with Gasteiger partial charge in [0.1, 0.15) is 10.7 Å². The van der Waals surface area contributed by atoms with Crippen molar-refractivity contribution in [3.05, 3.63) is 17.3 Å². The van der Waals surface area contributed by atoms with Gasteiger partial charge in [-0.25, -0.2) is 4.98 Å². The summed E-state index contributed by atoms with van der Waals surface area (Å²) in [5.41, 5.74) is 0.671. The minimum atomic E-state index is -0.842. The van der Waals surface area contributed by atoms with E-state index >= 15 is 0 Å². The van der Waals surface area contributed by atoms with Gasteiger partial charge in [-0.1, -0.05) is 11.6 Å². The van der Waals surface area contributed by atoms with Gasteiger partial charge in [-0.15, -0.1) is 11.8 Å². The highest BCUT2D eigenvalue weighted by Crippen LogP contribution is 2.31. The van der Waals surface area contributed by atoms with Crippen LogP contribution in [0.5, 0.6) is 0 Å². The van der Waals surface area contributed by atoms with Gasteiger partial charge in [0.2, 0.25) is 0 Å². The van der Waals surface area contributed by atoms with Gasteiger partial charge in [-0.2, -0.15) is 0 Å². The summed E-state index contributed by atoms with van der Waals surface area (Å²) < 4.78 is 0. The average molecular weight is 246 g/mol. The first-order chi connectivity index (χ1) is 7.15. The van der Waals surface area contributed by atoms with Crippen LogP contribution < -0.4 is 10.6 Å². The lowest BCUT2D eigenvalue weighted by molar-refractivity contribution is -0.133. The summed E-state index contributed by atoms with van der Waals surface area (Å²) in [6.07, 6.45) is 0. The maximum Gasteiger partial charge on any atom is 0.313 e. The first-order valence-electron chi connectivity index (χ1n) is 4.18. The number of rotatable bonds is 3. The molecule has 0 amide bonds. The molecule has 0 aliphatic carbocycles. The molecule has 5 nitrogen and oxygen atoms in total. The predicted octanol–water partition coefficient (Wildman–Crippen LogP) is 1.67. The number of hydrogen-bond donors (Lipinski definition) is 3. The molecule has 2 rings (SSSR count). The number of anilines is 2. The Labute approximate surface area is 95.2 Å². The Morgan fingerprint density at radius 3 is 3.13 bits per heavy atom. The van der Waals surface area contributed by atoms with Crippen molar-refractivity contribution >= 4 is 40.8 Å². The Bertz CT molecular complexity index is 401. The molecule has 15 heavy (non-hydrogen) atoms. The third-order valence-corrected chi connectivity index (χ3v) is 2.98. The van der Waals surface area contributed by atoms with E-state index in [1.54, 1.807) is 12.1 Å². The number of carboxylic acids is 1. The maximum atomic E-state index is 10.4. The number of halogens is 1. The molecule has 2 heterocycles. The van der Waals surface area contributed by atoms with Crippen LogP contribution in [0.15, 0.2) is 12.1 Å². The number of carboxylic acid groups (broad SMARTS) is 1. The van der Waals surface area contributed by atoms with Crippen molar-refractivity contribution in [2.75, 3.05) is 16.4 Å².